The summed E-state index contributed by atoms with van der Waals surface area (Å²) in [6.45, 7) is 4.53. The molecule has 0 bridgehead atoms. The van der Waals surface area contributed by atoms with E-state index in [4.69, 9.17) is 19.9 Å². The van der Waals surface area contributed by atoms with Gasteiger partial charge in [0.15, 0.2) is 5.82 Å². The van der Waals surface area contributed by atoms with E-state index in [-0.39, 0.29) is 6.04 Å². The van der Waals surface area contributed by atoms with Gasteiger partial charge in [-0.1, -0.05) is 30.3 Å². The van der Waals surface area contributed by atoms with Crippen LogP contribution in [0.15, 0.2) is 36.5 Å². The lowest BCUT2D eigenvalue weighted by Crippen LogP contribution is -2.41. The van der Waals surface area contributed by atoms with Crippen molar-refractivity contribution in [2.75, 3.05) is 49.7 Å². The van der Waals surface area contributed by atoms with E-state index in [1.54, 1.807) is 6.20 Å². The number of hydrogen-bond acceptors (Lipinski definition) is 8. The maximum absolute atomic E-state index is 8.08. The van der Waals surface area contributed by atoms with E-state index in [0.717, 1.165) is 43.4 Å². The molecule has 0 radical (unpaired) electrons. The fraction of sp³-hybridized carbons (Fsp3) is 0.360. The molecule has 6 rings (SSSR count). The Morgan fingerprint density at radius 3 is 2.50 bits per heavy atom. The molecule has 0 aliphatic carbocycles. The minimum atomic E-state index is 0.173. The topological polar surface area (TPSA) is 112 Å². The molecule has 172 valence electrons. The van der Waals surface area contributed by atoms with E-state index in [9.17, 15) is 0 Å². The normalized spacial score (nSPS) is 21.5. The number of imidazole rings is 1. The first-order valence-electron chi connectivity index (χ1n) is 11.5. The molecule has 3 N–H and O–H groups in total. The number of ether oxygens (including phenoxy) is 2. The van der Waals surface area contributed by atoms with Crippen molar-refractivity contribution in [3.05, 3.63) is 53.7 Å². The van der Waals surface area contributed by atoms with Crippen LogP contribution in [-0.2, 0) is 9.47 Å². The lowest BCUT2D eigenvalue weighted by molar-refractivity contribution is 0.0209. The van der Waals surface area contributed by atoms with E-state index in [0.29, 0.717) is 48.1 Å². The number of benzene rings is 1. The fourth-order valence-corrected chi connectivity index (χ4v) is 4.63. The van der Waals surface area contributed by atoms with Crippen LogP contribution in [0.1, 0.15) is 17.2 Å². The van der Waals surface area contributed by atoms with E-state index in [2.05, 4.69) is 37.0 Å². The first kappa shape index (κ1) is 20.8. The van der Waals surface area contributed by atoms with Gasteiger partial charge < -0.3 is 30.1 Å². The van der Waals surface area contributed by atoms with Gasteiger partial charge in [-0.2, -0.15) is 0 Å². The molecule has 2 atom stereocenters. The molecular formula is C25H25N7O2. The fourth-order valence-electron chi connectivity index (χ4n) is 4.63. The van der Waals surface area contributed by atoms with Gasteiger partial charge in [0.25, 0.3) is 0 Å². The molecule has 0 spiro atoms. The Kier molecular flexibility index (Phi) is 5.45. The Balaban J connectivity index is 1.33. The van der Waals surface area contributed by atoms with Gasteiger partial charge in [0.2, 0.25) is 5.82 Å². The van der Waals surface area contributed by atoms with Gasteiger partial charge >= 0.3 is 0 Å². The van der Waals surface area contributed by atoms with Gasteiger partial charge in [-0.25, -0.2) is 15.0 Å². The summed E-state index contributed by atoms with van der Waals surface area (Å²) in [5.41, 5.74) is 2.64. The molecule has 3 aromatic rings. The van der Waals surface area contributed by atoms with Crippen molar-refractivity contribution in [1.82, 2.24) is 19.9 Å². The van der Waals surface area contributed by atoms with E-state index in [1.807, 2.05) is 30.3 Å². The zero-order valence-electron chi connectivity index (χ0n) is 18.6. The summed E-state index contributed by atoms with van der Waals surface area (Å²) >= 11 is 0. The van der Waals surface area contributed by atoms with Crippen molar-refractivity contribution in [1.29, 1.82) is 5.41 Å². The Labute approximate surface area is 197 Å². The average Bonchev–Trinajstić information content (AvgIpc) is 3.57. The molecule has 9 heteroatoms. The van der Waals surface area contributed by atoms with Crippen molar-refractivity contribution < 1.29 is 9.47 Å². The predicted octanol–water partition coefficient (Wildman–Crippen LogP) is 2.16. The second-order valence-corrected chi connectivity index (χ2v) is 8.88. The highest BCUT2D eigenvalue weighted by Gasteiger charge is 2.38. The molecule has 3 fully saturated rings. The number of nitrogens with zero attached hydrogens (tertiary/aromatic N) is 4. The van der Waals surface area contributed by atoms with Crippen molar-refractivity contribution in [2.24, 2.45) is 11.8 Å². The molecule has 0 amide bonds. The van der Waals surface area contributed by atoms with E-state index < -0.39 is 0 Å². The number of anilines is 2. The van der Waals surface area contributed by atoms with Gasteiger partial charge in [0.05, 0.1) is 49.9 Å². The van der Waals surface area contributed by atoms with Gasteiger partial charge in [0, 0.05) is 31.1 Å². The Morgan fingerprint density at radius 1 is 1.03 bits per heavy atom. The monoisotopic (exact) mass is 455 g/mol. The smallest absolute Gasteiger partial charge is 0.209 e. The zero-order chi connectivity index (χ0) is 22.9. The molecule has 3 aliphatic heterocycles. The molecule has 0 unspecified atom stereocenters. The van der Waals surface area contributed by atoms with Crippen molar-refractivity contribution in [2.45, 2.75) is 6.04 Å². The molecule has 0 saturated carbocycles. The van der Waals surface area contributed by atoms with Crippen LogP contribution in [0.2, 0.25) is 0 Å². The minimum absolute atomic E-state index is 0.173. The van der Waals surface area contributed by atoms with Crippen molar-refractivity contribution >= 4 is 17.9 Å². The second kappa shape index (κ2) is 8.89. The highest BCUT2D eigenvalue weighted by atomic mass is 16.5. The van der Waals surface area contributed by atoms with Crippen LogP contribution in [0, 0.1) is 29.1 Å². The SMILES string of the molecule is N=Cc1c(NC2COC2)nc(C#Cc2ncc(-c3ccccc3)[nH]2)nc1N1C[C@H]2COC[C@H]2C1. The molecule has 5 heterocycles. The van der Waals surface area contributed by atoms with Gasteiger partial charge in [-0.05, 0) is 17.4 Å². The number of rotatable bonds is 5. The lowest BCUT2D eigenvalue weighted by Gasteiger charge is -2.29. The van der Waals surface area contributed by atoms with Crippen LogP contribution >= 0.6 is 0 Å². The molecule has 9 nitrogen and oxygen atoms in total. The quantitative estimate of drug-likeness (QED) is 0.399. The second-order valence-electron chi connectivity index (χ2n) is 8.88. The zero-order valence-corrected chi connectivity index (χ0v) is 18.6. The van der Waals surface area contributed by atoms with Gasteiger partial charge in [0.1, 0.15) is 11.6 Å². The van der Waals surface area contributed by atoms with Crippen molar-refractivity contribution in [3.8, 4) is 23.1 Å². The third-order valence-electron chi connectivity index (χ3n) is 6.54. The van der Waals surface area contributed by atoms with Crippen LogP contribution < -0.4 is 10.2 Å². The van der Waals surface area contributed by atoms with Crippen molar-refractivity contribution in [3.63, 3.8) is 0 Å². The number of nitrogens with one attached hydrogen (secondary N) is 3. The Bertz CT molecular complexity index is 1250. The molecule has 3 saturated heterocycles. The van der Waals surface area contributed by atoms with E-state index >= 15 is 0 Å². The standard InChI is InChI=1S/C25H25N7O2/c26-8-20-24(28-19-14-34-15-19)30-23(31-25(20)32-10-17-12-33-13-18(17)11-32)7-6-22-27-9-21(29-22)16-4-2-1-3-5-16/h1-5,8-9,17-19,26H,10-15H2,(H,27,29)(H,28,30,31)/t17-,18+. The van der Waals surface area contributed by atoms with Crippen LogP contribution in [0.3, 0.4) is 0 Å². The summed E-state index contributed by atoms with van der Waals surface area (Å²) in [6.07, 6.45) is 3.11. The highest BCUT2D eigenvalue weighted by Crippen LogP contribution is 2.34. The maximum Gasteiger partial charge on any atom is 0.209 e. The van der Waals surface area contributed by atoms with Gasteiger partial charge in [-0.3, -0.25) is 0 Å². The Morgan fingerprint density at radius 2 is 1.79 bits per heavy atom. The summed E-state index contributed by atoms with van der Waals surface area (Å²) in [4.78, 5) is 19.3. The number of hydrogen-bond donors (Lipinski definition) is 3. The van der Waals surface area contributed by atoms with Crippen LogP contribution in [0.25, 0.3) is 11.3 Å². The van der Waals surface area contributed by atoms with Crippen LogP contribution in [-0.4, -0.2) is 71.7 Å². The van der Waals surface area contributed by atoms with Crippen LogP contribution in [0.5, 0.6) is 0 Å². The average molecular weight is 456 g/mol. The Hall–Kier alpha value is -3.74. The van der Waals surface area contributed by atoms with Crippen LogP contribution in [0.4, 0.5) is 11.6 Å². The first-order chi connectivity index (χ1) is 16.8. The lowest BCUT2D eigenvalue weighted by atomic mass is 10.0. The largest absolute Gasteiger partial charge is 0.381 e. The number of fused-ring (bicyclic) bond motifs is 1. The third-order valence-corrected chi connectivity index (χ3v) is 6.54. The predicted molar refractivity (Wildman–Crippen MR) is 128 cm³/mol. The summed E-state index contributed by atoms with van der Waals surface area (Å²) in [5, 5.41) is 11.5. The molecule has 34 heavy (non-hydrogen) atoms. The summed E-state index contributed by atoms with van der Waals surface area (Å²) < 4.78 is 10.9. The maximum atomic E-state index is 8.08. The number of aromatic nitrogens is 4. The van der Waals surface area contributed by atoms with E-state index in [1.165, 1.54) is 6.21 Å². The molecular weight excluding hydrogens is 430 g/mol. The third kappa shape index (κ3) is 4.02. The number of aromatic amines is 1. The summed E-state index contributed by atoms with van der Waals surface area (Å²) in [6, 6.07) is 10.2. The highest BCUT2D eigenvalue weighted by molar-refractivity contribution is 5.91. The number of H-pyrrole nitrogens is 1. The summed E-state index contributed by atoms with van der Waals surface area (Å²) in [7, 11) is 0. The minimum Gasteiger partial charge on any atom is -0.381 e. The van der Waals surface area contributed by atoms with Gasteiger partial charge in [-0.15, -0.1) is 0 Å². The first-order valence-corrected chi connectivity index (χ1v) is 11.5. The molecule has 1 aromatic carbocycles. The molecule has 2 aromatic heterocycles. The molecule has 3 aliphatic rings. The summed E-state index contributed by atoms with van der Waals surface area (Å²) in [5.74, 6) is 9.46.